The van der Waals surface area contributed by atoms with Gasteiger partial charge in [-0.25, -0.2) is 13.1 Å². The van der Waals surface area contributed by atoms with Gasteiger partial charge in [-0.3, -0.25) is 0 Å². The number of hydrogen-bond donors (Lipinski definition) is 2. The van der Waals surface area contributed by atoms with Crippen molar-refractivity contribution in [3.63, 3.8) is 0 Å². The molecule has 0 spiro atoms. The molecule has 0 unspecified atom stereocenters. The zero-order valence-corrected chi connectivity index (χ0v) is 12.4. The van der Waals surface area contributed by atoms with Crippen molar-refractivity contribution < 1.29 is 8.42 Å². The van der Waals surface area contributed by atoms with E-state index < -0.39 is 10.0 Å². The fraction of sp³-hybridized carbons (Fsp3) is 0.571. The van der Waals surface area contributed by atoms with Crippen LogP contribution in [0, 0.1) is 5.92 Å². The largest absolute Gasteiger partial charge is 0.316 e. The molecule has 0 bridgehead atoms. The molecule has 0 amide bonds. The first-order valence-corrected chi connectivity index (χ1v) is 8.31. The minimum Gasteiger partial charge on any atom is -0.316 e. The lowest BCUT2D eigenvalue weighted by Crippen LogP contribution is -2.26. The molecule has 0 aliphatic heterocycles. The lowest BCUT2D eigenvalue weighted by Gasteiger charge is -2.11. The molecule has 1 aliphatic carbocycles. The van der Waals surface area contributed by atoms with E-state index in [4.69, 9.17) is 0 Å². The molecule has 5 heteroatoms. The number of hydrogen-bond acceptors (Lipinski definition) is 3. The van der Waals surface area contributed by atoms with Crippen molar-refractivity contribution in [2.75, 3.05) is 13.6 Å². The summed E-state index contributed by atoms with van der Waals surface area (Å²) in [6, 6.07) is 5.40. The third-order valence-corrected chi connectivity index (χ3v) is 4.92. The smallest absolute Gasteiger partial charge is 0.240 e. The Morgan fingerprint density at radius 2 is 2.00 bits per heavy atom. The van der Waals surface area contributed by atoms with Gasteiger partial charge in [-0.15, -0.1) is 0 Å². The van der Waals surface area contributed by atoms with Crippen LogP contribution in [0.15, 0.2) is 23.1 Å². The molecule has 0 radical (unpaired) electrons. The Balaban J connectivity index is 2.20. The average molecular weight is 282 g/mol. The van der Waals surface area contributed by atoms with Crippen LogP contribution in [0.5, 0.6) is 0 Å². The number of benzene rings is 1. The topological polar surface area (TPSA) is 58.2 Å². The lowest BCUT2D eigenvalue weighted by molar-refractivity contribution is 0.577. The van der Waals surface area contributed by atoms with Gasteiger partial charge >= 0.3 is 0 Å². The van der Waals surface area contributed by atoms with E-state index in [1.165, 1.54) is 5.56 Å². The number of nitrogens with one attached hydrogen (secondary N) is 2. The van der Waals surface area contributed by atoms with Gasteiger partial charge in [-0.2, -0.15) is 0 Å². The van der Waals surface area contributed by atoms with Crippen molar-refractivity contribution in [2.24, 2.45) is 5.92 Å². The van der Waals surface area contributed by atoms with Crippen LogP contribution in [0.25, 0.3) is 0 Å². The van der Waals surface area contributed by atoms with Crippen LogP contribution in [-0.2, 0) is 23.0 Å². The Bertz CT molecular complexity index is 536. The number of rotatable bonds is 7. The van der Waals surface area contributed by atoms with Crippen molar-refractivity contribution in [1.82, 2.24) is 10.0 Å². The number of sulfonamides is 1. The highest BCUT2D eigenvalue weighted by Gasteiger charge is 2.24. The summed E-state index contributed by atoms with van der Waals surface area (Å²) in [6.45, 7) is 3.34. The van der Waals surface area contributed by atoms with Gasteiger partial charge in [0, 0.05) is 13.1 Å². The molecular weight excluding hydrogens is 260 g/mol. The zero-order chi connectivity index (χ0) is 13.9. The van der Waals surface area contributed by atoms with E-state index >= 15 is 0 Å². The summed E-state index contributed by atoms with van der Waals surface area (Å²) in [5.41, 5.74) is 2.25. The van der Waals surface area contributed by atoms with Crippen molar-refractivity contribution in [3.8, 4) is 0 Å². The molecule has 106 valence electrons. The summed E-state index contributed by atoms with van der Waals surface area (Å²) in [6.07, 6.45) is 3.19. The third-order valence-electron chi connectivity index (χ3n) is 3.50. The summed E-state index contributed by atoms with van der Waals surface area (Å²) in [5.74, 6) is 0.543. The van der Waals surface area contributed by atoms with E-state index in [9.17, 15) is 8.42 Å². The van der Waals surface area contributed by atoms with Crippen LogP contribution in [0.1, 0.15) is 30.9 Å². The molecule has 2 N–H and O–H groups in total. The molecular formula is C14H22N2O2S. The Hall–Kier alpha value is -0.910. The average Bonchev–Trinajstić information content (AvgIpc) is 3.21. The van der Waals surface area contributed by atoms with Gasteiger partial charge in [0.15, 0.2) is 0 Å². The van der Waals surface area contributed by atoms with Crippen molar-refractivity contribution in [2.45, 2.75) is 37.6 Å². The van der Waals surface area contributed by atoms with Gasteiger partial charge in [0.05, 0.1) is 4.90 Å². The molecule has 4 nitrogen and oxygen atoms in total. The van der Waals surface area contributed by atoms with E-state index in [0.29, 0.717) is 23.9 Å². The molecule has 2 rings (SSSR count). The van der Waals surface area contributed by atoms with Gasteiger partial charge in [0.2, 0.25) is 10.0 Å². The molecule has 1 aromatic carbocycles. The molecule has 0 heterocycles. The predicted molar refractivity (Wildman–Crippen MR) is 76.5 cm³/mol. The molecule has 1 aliphatic rings. The summed E-state index contributed by atoms with van der Waals surface area (Å²) in [7, 11) is -1.49. The minimum atomic E-state index is -3.36. The van der Waals surface area contributed by atoms with Crippen LogP contribution in [0.3, 0.4) is 0 Å². The van der Waals surface area contributed by atoms with Crippen molar-refractivity contribution in [1.29, 1.82) is 0 Å². The zero-order valence-electron chi connectivity index (χ0n) is 11.6. The van der Waals surface area contributed by atoms with E-state index in [1.54, 1.807) is 12.1 Å². The normalized spacial score (nSPS) is 15.7. The fourth-order valence-electron chi connectivity index (χ4n) is 2.10. The Kier molecular flexibility index (Phi) is 4.60. The van der Waals surface area contributed by atoms with Gasteiger partial charge in [0.25, 0.3) is 0 Å². The highest BCUT2D eigenvalue weighted by Crippen LogP contribution is 2.28. The first-order chi connectivity index (χ1) is 9.06. The second kappa shape index (κ2) is 6.03. The lowest BCUT2D eigenvalue weighted by atomic mass is 10.1. The summed E-state index contributed by atoms with van der Waals surface area (Å²) < 4.78 is 27.1. The molecule has 1 aromatic rings. The van der Waals surface area contributed by atoms with Crippen LogP contribution in [0.4, 0.5) is 0 Å². The minimum absolute atomic E-state index is 0.371. The van der Waals surface area contributed by atoms with Gasteiger partial charge < -0.3 is 5.32 Å². The summed E-state index contributed by atoms with van der Waals surface area (Å²) in [5, 5.41) is 3.08. The molecule has 1 saturated carbocycles. The van der Waals surface area contributed by atoms with E-state index in [2.05, 4.69) is 17.0 Å². The fourth-order valence-corrected chi connectivity index (χ4v) is 3.27. The second-order valence-corrected chi connectivity index (χ2v) is 6.88. The maximum Gasteiger partial charge on any atom is 0.240 e. The first-order valence-electron chi connectivity index (χ1n) is 6.83. The van der Waals surface area contributed by atoms with Crippen LogP contribution in [0.2, 0.25) is 0 Å². The van der Waals surface area contributed by atoms with Crippen molar-refractivity contribution >= 4 is 10.0 Å². The highest BCUT2D eigenvalue weighted by molar-refractivity contribution is 7.89. The Morgan fingerprint density at radius 1 is 1.26 bits per heavy atom. The molecule has 0 aromatic heterocycles. The van der Waals surface area contributed by atoms with E-state index in [0.717, 1.165) is 24.8 Å². The molecule has 0 saturated heterocycles. The molecule has 19 heavy (non-hydrogen) atoms. The van der Waals surface area contributed by atoms with E-state index in [1.807, 2.05) is 13.1 Å². The SMILES string of the molecule is CCc1ccc(S(=O)(=O)NCC2CC2)cc1CNC. The van der Waals surface area contributed by atoms with E-state index in [-0.39, 0.29) is 0 Å². The quantitative estimate of drug-likeness (QED) is 0.799. The monoisotopic (exact) mass is 282 g/mol. The second-order valence-electron chi connectivity index (χ2n) is 5.11. The number of aryl methyl sites for hydroxylation is 1. The van der Waals surface area contributed by atoms with Crippen LogP contribution < -0.4 is 10.0 Å². The van der Waals surface area contributed by atoms with Gasteiger partial charge in [-0.1, -0.05) is 13.0 Å². The summed E-state index contributed by atoms with van der Waals surface area (Å²) in [4.78, 5) is 0.371. The highest BCUT2D eigenvalue weighted by atomic mass is 32.2. The van der Waals surface area contributed by atoms with Gasteiger partial charge in [0.1, 0.15) is 0 Å². The Labute approximate surface area is 115 Å². The van der Waals surface area contributed by atoms with Crippen LogP contribution in [-0.4, -0.2) is 22.0 Å². The van der Waals surface area contributed by atoms with Crippen LogP contribution >= 0.6 is 0 Å². The standard InChI is InChI=1S/C14H22N2O2S/c1-3-12-6-7-14(8-13(12)10-15-2)19(17,18)16-9-11-4-5-11/h6-8,11,15-16H,3-5,9-10H2,1-2H3. The third kappa shape index (κ3) is 3.78. The van der Waals surface area contributed by atoms with Gasteiger partial charge in [-0.05, 0) is 55.5 Å². The molecule has 1 fully saturated rings. The maximum atomic E-state index is 12.2. The maximum absolute atomic E-state index is 12.2. The summed E-state index contributed by atoms with van der Waals surface area (Å²) >= 11 is 0. The Morgan fingerprint density at radius 3 is 2.58 bits per heavy atom. The molecule has 0 atom stereocenters. The van der Waals surface area contributed by atoms with Crippen molar-refractivity contribution in [3.05, 3.63) is 29.3 Å². The predicted octanol–water partition coefficient (Wildman–Crippen LogP) is 1.66. The first kappa shape index (κ1) is 14.5.